The molecule has 1 unspecified atom stereocenters. The van der Waals surface area contributed by atoms with Crippen LogP contribution in [0, 0.1) is 0 Å². The summed E-state index contributed by atoms with van der Waals surface area (Å²) in [4.78, 5) is 0. The molecule has 3 nitrogen and oxygen atoms in total. The predicted octanol–water partition coefficient (Wildman–Crippen LogP) is 3.86. The summed E-state index contributed by atoms with van der Waals surface area (Å²) < 4.78 is 17.0. The Balaban J connectivity index is 2.05. The zero-order valence-corrected chi connectivity index (χ0v) is 11.7. The molecule has 0 aromatic heterocycles. The maximum absolute atomic E-state index is 6.12. The highest BCUT2D eigenvalue weighted by atomic mass is 16.7. The first-order valence-corrected chi connectivity index (χ1v) is 6.71. The third-order valence-corrected chi connectivity index (χ3v) is 3.56. The van der Waals surface area contributed by atoms with E-state index < -0.39 is 0 Å². The molecule has 0 amide bonds. The van der Waals surface area contributed by atoms with Crippen molar-refractivity contribution in [3.63, 3.8) is 0 Å². The Hall–Kier alpha value is -1.32. The minimum atomic E-state index is -0.283. The first kappa shape index (κ1) is 14.1. The Morgan fingerprint density at radius 1 is 1.42 bits per heavy atom. The third kappa shape index (κ3) is 3.58. The van der Waals surface area contributed by atoms with Crippen molar-refractivity contribution in [1.82, 2.24) is 0 Å². The van der Waals surface area contributed by atoms with Gasteiger partial charge in [-0.05, 0) is 38.3 Å². The maximum atomic E-state index is 6.12. The molecule has 0 radical (unpaired) electrons. The molecule has 3 heteroatoms. The molecule has 2 rings (SSSR count). The van der Waals surface area contributed by atoms with Crippen LogP contribution in [-0.2, 0) is 9.47 Å². The molecular formula is C16H22O3. The lowest BCUT2D eigenvalue weighted by atomic mass is 9.95. The number of benzene rings is 1. The topological polar surface area (TPSA) is 27.7 Å². The molecule has 0 bridgehead atoms. The molecule has 0 aliphatic carbocycles. The minimum absolute atomic E-state index is 0.128. The molecule has 0 saturated carbocycles. The summed E-state index contributed by atoms with van der Waals surface area (Å²) in [5, 5.41) is 0. The molecule has 1 aliphatic heterocycles. The van der Waals surface area contributed by atoms with Gasteiger partial charge < -0.3 is 14.2 Å². The molecule has 1 aromatic rings. The van der Waals surface area contributed by atoms with E-state index in [0.29, 0.717) is 0 Å². The molecule has 1 heterocycles. The van der Waals surface area contributed by atoms with E-state index >= 15 is 0 Å². The second-order valence-electron chi connectivity index (χ2n) is 5.12. The van der Waals surface area contributed by atoms with Gasteiger partial charge >= 0.3 is 0 Å². The number of hydrogen-bond acceptors (Lipinski definition) is 3. The van der Waals surface area contributed by atoms with Crippen molar-refractivity contribution in [2.45, 2.75) is 38.1 Å². The van der Waals surface area contributed by atoms with E-state index in [1.54, 1.807) is 7.11 Å². The fourth-order valence-corrected chi connectivity index (χ4v) is 2.25. The maximum Gasteiger partial charge on any atom is 0.184 e. The fraction of sp³-hybridized carbons (Fsp3) is 0.500. The number of allylic oxidation sites excluding steroid dienone is 1. The normalized spacial score (nSPS) is 26.9. The van der Waals surface area contributed by atoms with E-state index in [4.69, 9.17) is 14.2 Å². The zero-order valence-electron chi connectivity index (χ0n) is 11.7. The number of ether oxygens (including phenoxy) is 3. The van der Waals surface area contributed by atoms with E-state index in [1.165, 1.54) is 0 Å². The predicted molar refractivity (Wildman–Crippen MR) is 75.2 cm³/mol. The molecule has 0 spiro atoms. The molecule has 1 saturated heterocycles. The van der Waals surface area contributed by atoms with Gasteiger partial charge in [-0.3, -0.25) is 0 Å². The lowest BCUT2D eigenvalue weighted by molar-refractivity contribution is -0.257. The van der Waals surface area contributed by atoms with Crippen LogP contribution in [0.3, 0.4) is 0 Å². The van der Waals surface area contributed by atoms with Crippen molar-refractivity contribution < 1.29 is 14.2 Å². The Bertz CT molecular complexity index is 413. The van der Waals surface area contributed by atoms with Gasteiger partial charge in [0.2, 0.25) is 0 Å². The van der Waals surface area contributed by atoms with Crippen molar-refractivity contribution in [1.29, 1.82) is 0 Å². The molecule has 19 heavy (non-hydrogen) atoms. The fourth-order valence-electron chi connectivity index (χ4n) is 2.25. The summed E-state index contributed by atoms with van der Waals surface area (Å²) in [6.45, 7) is 6.65. The highest BCUT2D eigenvalue weighted by molar-refractivity contribution is 5.28. The number of rotatable bonds is 5. The van der Waals surface area contributed by atoms with Crippen LogP contribution in [0.2, 0.25) is 0 Å². The second kappa shape index (κ2) is 6.22. The van der Waals surface area contributed by atoms with Gasteiger partial charge in [0.05, 0.1) is 19.3 Å². The third-order valence-electron chi connectivity index (χ3n) is 3.56. The smallest absolute Gasteiger partial charge is 0.184 e. The quantitative estimate of drug-likeness (QED) is 0.754. The van der Waals surface area contributed by atoms with E-state index in [0.717, 1.165) is 37.2 Å². The van der Waals surface area contributed by atoms with Gasteiger partial charge in [0.15, 0.2) is 6.29 Å². The van der Waals surface area contributed by atoms with Gasteiger partial charge in [-0.1, -0.05) is 18.2 Å². The van der Waals surface area contributed by atoms with Gasteiger partial charge in [-0.25, -0.2) is 0 Å². The standard InChI is InChI=1S/C16H22O3/c1-4-5-10-16(2)11-12-18-15(19-16)13-6-8-14(17-3)9-7-13/h4,6-9,15H,1,5,10-12H2,2-3H3/t15?,16-/m0/s1. The van der Waals surface area contributed by atoms with Crippen LogP contribution in [0.25, 0.3) is 0 Å². The summed E-state index contributed by atoms with van der Waals surface area (Å²) in [7, 11) is 1.66. The Morgan fingerprint density at radius 3 is 2.79 bits per heavy atom. The second-order valence-corrected chi connectivity index (χ2v) is 5.12. The highest BCUT2D eigenvalue weighted by Crippen LogP contribution is 2.35. The minimum Gasteiger partial charge on any atom is -0.497 e. The Labute approximate surface area is 115 Å². The van der Waals surface area contributed by atoms with Crippen LogP contribution in [0.1, 0.15) is 38.0 Å². The molecule has 0 N–H and O–H groups in total. The summed E-state index contributed by atoms with van der Waals surface area (Å²) in [6.07, 6.45) is 4.52. The van der Waals surface area contributed by atoms with Crippen LogP contribution in [0.4, 0.5) is 0 Å². The van der Waals surface area contributed by atoms with E-state index in [1.807, 2.05) is 30.3 Å². The summed E-state index contributed by atoms with van der Waals surface area (Å²) in [5.41, 5.74) is 0.905. The Morgan fingerprint density at radius 2 is 2.16 bits per heavy atom. The van der Waals surface area contributed by atoms with Crippen molar-refractivity contribution in [3.05, 3.63) is 42.5 Å². The van der Waals surface area contributed by atoms with E-state index in [9.17, 15) is 0 Å². The average Bonchev–Trinajstić information content (AvgIpc) is 2.45. The number of hydrogen-bond donors (Lipinski definition) is 0. The SMILES string of the molecule is C=CCC[C@@]1(C)CCOC(c2ccc(OC)cc2)O1. The van der Waals surface area contributed by atoms with Crippen molar-refractivity contribution in [2.75, 3.05) is 13.7 Å². The van der Waals surface area contributed by atoms with Crippen LogP contribution < -0.4 is 4.74 Å². The Kier molecular flexibility index (Phi) is 4.61. The van der Waals surface area contributed by atoms with Crippen LogP contribution in [-0.4, -0.2) is 19.3 Å². The largest absolute Gasteiger partial charge is 0.497 e. The van der Waals surface area contributed by atoms with Crippen molar-refractivity contribution >= 4 is 0 Å². The van der Waals surface area contributed by atoms with Gasteiger partial charge in [0, 0.05) is 5.56 Å². The van der Waals surface area contributed by atoms with Gasteiger partial charge in [0.25, 0.3) is 0 Å². The zero-order chi connectivity index (χ0) is 13.7. The first-order chi connectivity index (χ1) is 9.17. The van der Waals surface area contributed by atoms with Crippen molar-refractivity contribution in [3.8, 4) is 5.75 Å². The van der Waals surface area contributed by atoms with Gasteiger partial charge in [-0.2, -0.15) is 0 Å². The van der Waals surface area contributed by atoms with E-state index in [-0.39, 0.29) is 11.9 Å². The lowest BCUT2D eigenvalue weighted by Gasteiger charge is -2.38. The highest BCUT2D eigenvalue weighted by Gasteiger charge is 2.33. The molecule has 104 valence electrons. The summed E-state index contributed by atoms with van der Waals surface area (Å²) >= 11 is 0. The van der Waals surface area contributed by atoms with Crippen LogP contribution in [0.5, 0.6) is 5.75 Å². The van der Waals surface area contributed by atoms with Crippen LogP contribution >= 0.6 is 0 Å². The molecule has 1 aliphatic rings. The average molecular weight is 262 g/mol. The summed E-state index contributed by atoms with van der Waals surface area (Å²) in [6, 6.07) is 7.83. The van der Waals surface area contributed by atoms with E-state index in [2.05, 4.69) is 13.5 Å². The van der Waals surface area contributed by atoms with Crippen LogP contribution in [0.15, 0.2) is 36.9 Å². The molecular weight excluding hydrogens is 240 g/mol. The van der Waals surface area contributed by atoms with Crippen molar-refractivity contribution in [2.24, 2.45) is 0 Å². The van der Waals surface area contributed by atoms with Gasteiger partial charge in [0.1, 0.15) is 5.75 Å². The monoisotopic (exact) mass is 262 g/mol. The summed E-state index contributed by atoms with van der Waals surface area (Å²) in [5.74, 6) is 0.842. The molecule has 1 aromatic carbocycles. The lowest BCUT2D eigenvalue weighted by Crippen LogP contribution is -2.37. The molecule has 1 fully saturated rings. The number of methoxy groups -OCH3 is 1. The van der Waals surface area contributed by atoms with Gasteiger partial charge in [-0.15, -0.1) is 6.58 Å². The first-order valence-electron chi connectivity index (χ1n) is 6.71. The molecule has 2 atom stereocenters.